The second kappa shape index (κ2) is 7.43. The van der Waals surface area contributed by atoms with E-state index in [1.54, 1.807) is 0 Å². The molecule has 1 aliphatic carbocycles. The second-order valence-electron chi connectivity index (χ2n) is 6.55. The average molecular weight is 328 g/mol. The van der Waals surface area contributed by atoms with E-state index in [1.807, 2.05) is 12.2 Å². The molecule has 0 unspecified atom stereocenters. The summed E-state index contributed by atoms with van der Waals surface area (Å²) in [5.41, 5.74) is 7.28. The van der Waals surface area contributed by atoms with Gasteiger partial charge in [-0.2, -0.15) is 0 Å². The number of benzene rings is 2. The molecular weight excluding hydrogens is 304 g/mol. The Labute approximate surface area is 151 Å². The minimum Gasteiger partial charge on any atom is -0.378 e. The molecule has 2 aromatic rings. The lowest BCUT2D eigenvalue weighted by Gasteiger charge is -2.18. The molecule has 2 aromatic carbocycles. The van der Waals surface area contributed by atoms with Gasteiger partial charge in [0.05, 0.1) is 0 Å². The first-order valence-electron chi connectivity index (χ1n) is 8.45. The molecule has 0 spiro atoms. The fourth-order valence-corrected chi connectivity index (χ4v) is 2.91. The normalized spacial score (nSPS) is 13.0. The minimum absolute atomic E-state index is 1.20. The van der Waals surface area contributed by atoms with E-state index in [-0.39, 0.29) is 0 Å². The van der Waals surface area contributed by atoms with Crippen molar-refractivity contribution < 1.29 is 0 Å². The van der Waals surface area contributed by atoms with Crippen LogP contribution in [0.4, 0.5) is 11.4 Å². The molecule has 126 valence electrons. The van der Waals surface area contributed by atoms with E-state index < -0.39 is 0 Å². The van der Waals surface area contributed by atoms with Crippen molar-refractivity contribution in [2.45, 2.75) is 0 Å². The van der Waals surface area contributed by atoms with E-state index in [0.717, 1.165) is 0 Å². The predicted octanol–water partition coefficient (Wildman–Crippen LogP) is 4.83. The monoisotopic (exact) mass is 328 g/mol. The van der Waals surface area contributed by atoms with Gasteiger partial charge >= 0.3 is 0 Å². The fraction of sp³-hybridized carbons (Fsp3) is 0.174. The van der Waals surface area contributed by atoms with Crippen molar-refractivity contribution in [3.8, 4) is 0 Å². The van der Waals surface area contributed by atoms with Crippen LogP contribution in [0.1, 0.15) is 11.1 Å². The summed E-state index contributed by atoms with van der Waals surface area (Å²) < 4.78 is 0. The molecule has 0 N–H and O–H groups in total. The summed E-state index contributed by atoms with van der Waals surface area (Å²) >= 11 is 0. The summed E-state index contributed by atoms with van der Waals surface area (Å²) in [6, 6.07) is 17.4. The number of rotatable bonds is 4. The van der Waals surface area contributed by atoms with E-state index >= 15 is 0 Å². The summed E-state index contributed by atoms with van der Waals surface area (Å²) in [6.07, 6.45) is 11.3. The zero-order chi connectivity index (χ0) is 17.8. The zero-order valence-electron chi connectivity index (χ0n) is 15.3. The smallest absolute Gasteiger partial charge is 0.0361 e. The molecule has 0 fully saturated rings. The quantitative estimate of drug-likeness (QED) is 0.793. The molecule has 3 rings (SSSR count). The first-order valence-corrected chi connectivity index (χ1v) is 8.45. The molecule has 0 atom stereocenters. The number of hydrogen-bond donors (Lipinski definition) is 0. The maximum absolute atomic E-state index is 3.11. The van der Waals surface area contributed by atoms with Gasteiger partial charge in [0.1, 0.15) is 0 Å². The van der Waals surface area contributed by atoms with Gasteiger partial charge in [-0.3, -0.25) is 0 Å². The van der Waals surface area contributed by atoms with Crippen molar-refractivity contribution in [3.63, 3.8) is 0 Å². The third-order valence-corrected chi connectivity index (χ3v) is 4.35. The number of anilines is 2. The van der Waals surface area contributed by atoms with E-state index in [4.69, 9.17) is 0 Å². The van der Waals surface area contributed by atoms with Gasteiger partial charge in [-0.05, 0) is 46.5 Å². The van der Waals surface area contributed by atoms with E-state index in [9.17, 15) is 0 Å². The van der Waals surface area contributed by atoms with E-state index in [0.29, 0.717) is 0 Å². The van der Waals surface area contributed by atoms with Crippen LogP contribution >= 0.6 is 0 Å². The zero-order valence-corrected chi connectivity index (χ0v) is 15.3. The molecular formula is C23H24N2. The first kappa shape index (κ1) is 17.1. The van der Waals surface area contributed by atoms with Crippen molar-refractivity contribution in [2.24, 2.45) is 0 Å². The van der Waals surface area contributed by atoms with Crippen LogP contribution in [-0.4, -0.2) is 28.2 Å². The highest BCUT2D eigenvalue weighted by Crippen LogP contribution is 2.31. The summed E-state index contributed by atoms with van der Waals surface area (Å²) in [7, 11) is 8.25. The van der Waals surface area contributed by atoms with E-state index in [2.05, 4.69) is 105 Å². The molecule has 0 amide bonds. The Bertz CT molecular complexity index is 737. The highest BCUT2D eigenvalue weighted by molar-refractivity contribution is 5.86. The topological polar surface area (TPSA) is 6.48 Å². The molecule has 1 aliphatic rings. The van der Waals surface area contributed by atoms with Crippen LogP contribution < -0.4 is 9.80 Å². The number of hydrogen-bond acceptors (Lipinski definition) is 2. The molecule has 0 saturated carbocycles. The Morgan fingerprint density at radius 3 is 1.40 bits per heavy atom. The molecule has 0 heterocycles. The largest absolute Gasteiger partial charge is 0.378 e. The van der Waals surface area contributed by atoms with Gasteiger partial charge in [0.15, 0.2) is 0 Å². The summed E-state index contributed by atoms with van der Waals surface area (Å²) in [5, 5.41) is 0. The van der Waals surface area contributed by atoms with Gasteiger partial charge in [0.2, 0.25) is 0 Å². The maximum atomic E-state index is 3.11. The molecule has 0 saturated heterocycles. The van der Waals surface area contributed by atoms with Crippen molar-refractivity contribution in [1.29, 1.82) is 0 Å². The van der Waals surface area contributed by atoms with Crippen LogP contribution in [0.2, 0.25) is 0 Å². The number of nitrogens with zero attached hydrogens (tertiary/aromatic N) is 2. The van der Waals surface area contributed by atoms with Gasteiger partial charge in [0.25, 0.3) is 0 Å². The molecule has 2 heteroatoms. The van der Waals surface area contributed by atoms with Crippen LogP contribution in [0.25, 0.3) is 5.57 Å². The van der Waals surface area contributed by atoms with Crippen LogP contribution in [0, 0.1) is 6.42 Å². The number of allylic oxidation sites excluding steroid dienone is 5. The third-order valence-electron chi connectivity index (χ3n) is 4.35. The molecule has 0 bridgehead atoms. The van der Waals surface area contributed by atoms with Crippen molar-refractivity contribution in [3.05, 3.63) is 96.0 Å². The van der Waals surface area contributed by atoms with Crippen LogP contribution in [0.5, 0.6) is 0 Å². The molecule has 2 nitrogen and oxygen atoms in total. The van der Waals surface area contributed by atoms with Gasteiger partial charge in [0, 0.05) is 46.0 Å². The van der Waals surface area contributed by atoms with Crippen molar-refractivity contribution in [2.75, 3.05) is 38.0 Å². The predicted molar refractivity (Wildman–Crippen MR) is 109 cm³/mol. The molecule has 25 heavy (non-hydrogen) atoms. The Balaban J connectivity index is 2.09. The molecule has 2 radical (unpaired) electrons. The van der Waals surface area contributed by atoms with Gasteiger partial charge in [-0.25, -0.2) is 0 Å². The maximum Gasteiger partial charge on any atom is 0.0361 e. The standard InChI is InChI=1S/C23H24N2/c1-24(2)21-14-10-19(11-15-21)23(18-8-6-5-7-9-18)20-12-16-22(17-13-20)25(3)4/h6-17H,1-4H3. The SMILES string of the molecule is CN(C)c1ccc(C(=C2C=C[C]C=C2)c2ccc(N(C)C)cc2)cc1. The lowest BCUT2D eigenvalue weighted by Crippen LogP contribution is -2.08. The average Bonchev–Trinajstić information content (AvgIpc) is 2.64. The molecule has 0 aromatic heterocycles. The second-order valence-corrected chi connectivity index (χ2v) is 6.55. The first-order chi connectivity index (χ1) is 12.1. The Morgan fingerprint density at radius 1 is 0.640 bits per heavy atom. The minimum atomic E-state index is 1.20. The summed E-state index contributed by atoms with van der Waals surface area (Å²) in [4.78, 5) is 4.24. The highest BCUT2D eigenvalue weighted by atomic mass is 15.1. The van der Waals surface area contributed by atoms with Crippen LogP contribution in [0.15, 0.2) is 78.4 Å². The van der Waals surface area contributed by atoms with Crippen LogP contribution in [-0.2, 0) is 0 Å². The lowest BCUT2D eigenvalue weighted by molar-refractivity contribution is 1.13. The van der Waals surface area contributed by atoms with Gasteiger partial charge in [-0.1, -0.05) is 48.6 Å². The fourth-order valence-electron chi connectivity index (χ4n) is 2.91. The highest BCUT2D eigenvalue weighted by Gasteiger charge is 2.11. The summed E-state index contributed by atoms with van der Waals surface area (Å²) in [6.45, 7) is 0. The van der Waals surface area contributed by atoms with Crippen molar-refractivity contribution >= 4 is 16.9 Å². The Hall–Kier alpha value is -2.74. The van der Waals surface area contributed by atoms with Crippen molar-refractivity contribution in [1.82, 2.24) is 0 Å². The van der Waals surface area contributed by atoms with E-state index in [1.165, 1.54) is 33.6 Å². The van der Waals surface area contributed by atoms with Gasteiger partial charge in [-0.15, -0.1) is 0 Å². The van der Waals surface area contributed by atoms with Gasteiger partial charge < -0.3 is 9.80 Å². The molecule has 0 aliphatic heterocycles. The van der Waals surface area contributed by atoms with Crippen LogP contribution in [0.3, 0.4) is 0 Å². The Kier molecular flexibility index (Phi) is 5.08. The summed E-state index contributed by atoms with van der Waals surface area (Å²) in [5.74, 6) is 0. The Morgan fingerprint density at radius 2 is 1.04 bits per heavy atom. The third kappa shape index (κ3) is 3.85. The lowest BCUT2D eigenvalue weighted by atomic mass is 9.91.